The Morgan fingerprint density at radius 1 is 1.10 bits per heavy atom. The zero-order valence-electron chi connectivity index (χ0n) is 18.9. The summed E-state index contributed by atoms with van der Waals surface area (Å²) in [6, 6.07) is 8.28. The predicted octanol–water partition coefficient (Wildman–Crippen LogP) is 4.90. The van der Waals surface area contributed by atoms with Gasteiger partial charge in [-0.3, -0.25) is 4.48 Å². The summed E-state index contributed by atoms with van der Waals surface area (Å²) in [5.74, 6) is 2.94. The SMILES string of the molecule is CC.CC1(c2ccc(N)nc2)[C@@H]2[C@H]3CC[C@H](C3)[C@@H]2c2c(ccc(N)c2C=N)[N+]1(C)C. The molecule has 0 amide bonds. The summed E-state index contributed by atoms with van der Waals surface area (Å²) >= 11 is 0. The van der Waals surface area contributed by atoms with E-state index >= 15 is 0 Å². The smallest absolute Gasteiger partial charge is 0.137 e. The van der Waals surface area contributed by atoms with Crippen LogP contribution in [0.2, 0.25) is 0 Å². The number of nitrogen functional groups attached to an aromatic ring is 2. The van der Waals surface area contributed by atoms with Crippen LogP contribution in [0.4, 0.5) is 17.2 Å². The van der Waals surface area contributed by atoms with E-state index in [1.54, 1.807) is 0 Å². The summed E-state index contributed by atoms with van der Waals surface area (Å²) in [5, 5.41) is 8.09. The molecule has 1 aromatic heterocycles. The van der Waals surface area contributed by atoms with Crippen molar-refractivity contribution in [1.29, 1.82) is 5.41 Å². The van der Waals surface area contributed by atoms with E-state index in [-0.39, 0.29) is 5.54 Å². The molecule has 5 nitrogen and oxygen atoms in total. The monoisotopic (exact) mass is 406 g/mol. The van der Waals surface area contributed by atoms with Gasteiger partial charge in [0.05, 0.1) is 14.1 Å². The number of aromatic nitrogens is 1. The van der Waals surface area contributed by atoms with Crippen molar-refractivity contribution in [2.24, 2.45) is 17.8 Å². The summed E-state index contributed by atoms with van der Waals surface area (Å²) < 4.78 is 0.736. The number of pyridine rings is 1. The molecule has 1 unspecified atom stereocenters. The molecule has 2 bridgehead atoms. The molecule has 0 saturated heterocycles. The summed E-state index contributed by atoms with van der Waals surface area (Å²) in [6.45, 7) is 6.42. The first-order valence-electron chi connectivity index (χ1n) is 11.3. The molecular formula is C25H36N5+. The minimum atomic E-state index is -0.104. The van der Waals surface area contributed by atoms with E-state index in [9.17, 15) is 0 Å². The third kappa shape index (κ3) is 2.51. The van der Waals surface area contributed by atoms with Crippen molar-refractivity contribution in [2.75, 3.05) is 25.6 Å². The normalized spacial score (nSPS) is 32.6. The van der Waals surface area contributed by atoms with E-state index in [0.29, 0.717) is 29.5 Å². The lowest BCUT2D eigenvalue weighted by atomic mass is 9.59. The van der Waals surface area contributed by atoms with Crippen molar-refractivity contribution in [3.05, 3.63) is 47.2 Å². The molecule has 0 spiro atoms. The third-order valence-electron chi connectivity index (χ3n) is 8.48. The van der Waals surface area contributed by atoms with Gasteiger partial charge in [0.25, 0.3) is 0 Å². The Morgan fingerprint density at radius 2 is 1.80 bits per heavy atom. The van der Waals surface area contributed by atoms with Crippen LogP contribution in [0.3, 0.4) is 0 Å². The van der Waals surface area contributed by atoms with E-state index < -0.39 is 0 Å². The minimum absolute atomic E-state index is 0.104. The highest BCUT2D eigenvalue weighted by molar-refractivity contribution is 5.90. The highest BCUT2D eigenvalue weighted by Gasteiger charge is 2.66. The Morgan fingerprint density at radius 3 is 2.43 bits per heavy atom. The minimum Gasteiger partial charge on any atom is -0.398 e. The molecule has 5 N–H and O–H groups in total. The number of benzene rings is 1. The van der Waals surface area contributed by atoms with Crippen LogP contribution in [0, 0.1) is 23.2 Å². The molecule has 5 rings (SSSR count). The fraction of sp³-hybridized carbons (Fsp3) is 0.520. The topological polar surface area (TPSA) is 88.8 Å². The maximum atomic E-state index is 8.09. The third-order valence-corrected chi connectivity index (χ3v) is 8.48. The predicted molar refractivity (Wildman–Crippen MR) is 127 cm³/mol. The number of anilines is 2. The van der Waals surface area contributed by atoms with Gasteiger partial charge in [0.15, 0.2) is 0 Å². The molecule has 160 valence electrons. The molecule has 2 aromatic rings. The van der Waals surface area contributed by atoms with Crippen LogP contribution in [0.25, 0.3) is 0 Å². The van der Waals surface area contributed by atoms with Crippen LogP contribution in [-0.4, -0.2) is 25.3 Å². The van der Waals surface area contributed by atoms with Gasteiger partial charge in [0, 0.05) is 52.7 Å². The first kappa shape index (κ1) is 20.9. The second kappa shape index (κ2) is 7.09. The molecule has 2 saturated carbocycles. The Kier molecular flexibility index (Phi) is 4.93. The van der Waals surface area contributed by atoms with Crippen LogP contribution >= 0.6 is 0 Å². The fourth-order valence-electron chi connectivity index (χ4n) is 7.00. The first-order valence-corrected chi connectivity index (χ1v) is 11.3. The van der Waals surface area contributed by atoms with Gasteiger partial charge in [-0.25, -0.2) is 4.98 Å². The van der Waals surface area contributed by atoms with Gasteiger partial charge < -0.3 is 16.9 Å². The molecular weight excluding hydrogens is 370 g/mol. The van der Waals surface area contributed by atoms with Gasteiger partial charge in [-0.1, -0.05) is 13.8 Å². The lowest BCUT2D eigenvalue weighted by Gasteiger charge is -2.58. The maximum absolute atomic E-state index is 8.09. The van der Waals surface area contributed by atoms with Crippen molar-refractivity contribution in [1.82, 2.24) is 9.47 Å². The van der Waals surface area contributed by atoms with Gasteiger partial charge >= 0.3 is 0 Å². The molecule has 2 heterocycles. The van der Waals surface area contributed by atoms with Crippen LogP contribution in [0.5, 0.6) is 0 Å². The van der Waals surface area contributed by atoms with E-state index in [4.69, 9.17) is 16.9 Å². The van der Waals surface area contributed by atoms with Crippen LogP contribution in [-0.2, 0) is 5.54 Å². The summed E-state index contributed by atoms with van der Waals surface area (Å²) in [6.07, 6.45) is 7.35. The summed E-state index contributed by atoms with van der Waals surface area (Å²) in [4.78, 5) is 4.46. The summed E-state index contributed by atoms with van der Waals surface area (Å²) in [5.41, 5.74) is 17.7. The van der Waals surface area contributed by atoms with Gasteiger partial charge in [0.1, 0.15) is 17.0 Å². The van der Waals surface area contributed by atoms with Crippen LogP contribution in [0.1, 0.15) is 62.6 Å². The molecule has 2 aliphatic carbocycles. The highest BCUT2D eigenvalue weighted by atomic mass is 15.4. The number of nitrogens with zero attached hydrogens (tertiary/aromatic N) is 2. The molecule has 0 radical (unpaired) electrons. The zero-order chi connectivity index (χ0) is 21.8. The van der Waals surface area contributed by atoms with Gasteiger partial charge in [-0.05, 0) is 56.2 Å². The summed E-state index contributed by atoms with van der Waals surface area (Å²) in [7, 11) is 4.61. The molecule has 2 fully saturated rings. The standard InChI is InChI=1S/C23H30N5.C2H6/c1-23(15-6-9-19(26)27-12-15)22-14-5-4-13(10-14)20(22)21-16(11-24)17(25)7-8-18(21)28(23,2)3;1-2/h6-9,11-14,20,22,24H,4-5,10,25H2,1-3H3,(H2,26,27);1-2H3/q+1;/t13-,14+,20-,22-,23?;/m1./s1. The Labute approximate surface area is 180 Å². The Balaban J connectivity index is 0.00000106. The van der Waals surface area contributed by atoms with E-state index in [2.05, 4.69) is 38.1 Å². The lowest BCUT2D eigenvalue weighted by Crippen LogP contribution is -2.65. The maximum Gasteiger partial charge on any atom is 0.137 e. The largest absolute Gasteiger partial charge is 0.398 e. The van der Waals surface area contributed by atoms with Crippen molar-refractivity contribution in [3.8, 4) is 0 Å². The van der Waals surface area contributed by atoms with Crippen molar-refractivity contribution < 1.29 is 0 Å². The number of rotatable bonds is 2. The van der Waals surface area contributed by atoms with Crippen molar-refractivity contribution in [2.45, 2.75) is 51.5 Å². The average molecular weight is 407 g/mol. The molecule has 1 aromatic carbocycles. The highest BCUT2D eigenvalue weighted by Crippen LogP contribution is 2.68. The number of hydrogen-bond acceptors (Lipinski definition) is 4. The van der Waals surface area contributed by atoms with Crippen molar-refractivity contribution >= 4 is 23.4 Å². The quantitative estimate of drug-likeness (QED) is 0.377. The lowest BCUT2D eigenvalue weighted by molar-refractivity contribution is 0.0311. The van der Waals surface area contributed by atoms with Gasteiger partial charge in [-0.15, -0.1) is 0 Å². The Hall–Kier alpha value is -2.40. The van der Waals surface area contributed by atoms with E-state index in [1.807, 2.05) is 32.2 Å². The molecule has 5 heteroatoms. The fourth-order valence-corrected chi connectivity index (χ4v) is 7.00. The van der Waals surface area contributed by atoms with Crippen molar-refractivity contribution in [3.63, 3.8) is 0 Å². The second-order valence-corrected chi connectivity index (χ2v) is 9.60. The number of fused-ring (bicyclic) bond motifs is 7. The van der Waals surface area contributed by atoms with E-state index in [1.165, 1.54) is 42.3 Å². The van der Waals surface area contributed by atoms with Gasteiger partial charge in [-0.2, -0.15) is 0 Å². The molecule has 3 aliphatic rings. The van der Waals surface area contributed by atoms with Crippen LogP contribution < -0.4 is 16.0 Å². The van der Waals surface area contributed by atoms with Crippen LogP contribution in [0.15, 0.2) is 30.5 Å². The second-order valence-electron chi connectivity index (χ2n) is 9.60. The number of nitrogens with two attached hydrogens (primary N) is 2. The van der Waals surface area contributed by atoms with Gasteiger partial charge in [0.2, 0.25) is 0 Å². The van der Waals surface area contributed by atoms with E-state index in [0.717, 1.165) is 15.7 Å². The molecule has 1 aliphatic heterocycles. The molecule has 5 atom stereocenters. The number of hydrogen-bond donors (Lipinski definition) is 3. The number of nitrogens with one attached hydrogen (secondary N) is 1. The zero-order valence-corrected chi connectivity index (χ0v) is 18.9. The molecule has 30 heavy (non-hydrogen) atoms. The average Bonchev–Trinajstić information content (AvgIpc) is 3.36. The first-order chi connectivity index (χ1) is 14.3. The number of quaternary nitrogens is 1. The Bertz CT molecular complexity index is 964.